The van der Waals surface area contributed by atoms with Crippen molar-refractivity contribution in [1.29, 1.82) is 0 Å². The second-order valence-electron chi connectivity index (χ2n) is 6.02. The topological polar surface area (TPSA) is 70.6 Å². The van der Waals surface area contributed by atoms with Crippen LogP contribution in [-0.4, -0.2) is 37.4 Å². The summed E-state index contributed by atoms with van der Waals surface area (Å²) in [6.45, 7) is 4.68. The third-order valence-electron chi connectivity index (χ3n) is 4.25. The molecule has 10 heteroatoms. The lowest BCUT2D eigenvalue weighted by molar-refractivity contribution is 0.175. The summed E-state index contributed by atoms with van der Waals surface area (Å²) in [5.41, 5.74) is 1.33. The number of thiazole rings is 1. The van der Waals surface area contributed by atoms with E-state index >= 15 is 0 Å². The van der Waals surface area contributed by atoms with Crippen molar-refractivity contribution in [3.05, 3.63) is 40.0 Å². The Morgan fingerprint density at radius 2 is 2.08 bits per heavy atom. The van der Waals surface area contributed by atoms with Crippen LogP contribution in [0.15, 0.2) is 32.9 Å². The number of anilines is 1. The van der Waals surface area contributed by atoms with Crippen LogP contribution in [0.2, 0.25) is 0 Å². The van der Waals surface area contributed by atoms with Crippen LogP contribution in [0.5, 0.6) is 0 Å². The van der Waals surface area contributed by atoms with E-state index in [0.717, 1.165) is 27.8 Å². The van der Waals surface area contributed by atoms with Gasteiger partial charge in [0.15, 0.2) is 9.34 Å². The second-order valence-corrected chi connectivity index (χ2v) is 10.7. The summed E-state index contributed by atoms with van der Waals surface area (Å²) in [5.74, 6) is 0. The molecule has 2 amide bonds. The molecule has 2 heterocycles. The van der Waals surface area contributed by atoms with E-state index in [0.29, 0.717) is 23.9 Å². The van der Waals surface area contributed by atoms with Crippen LogP contribution in [0, 0.1) is 6.92 Å². The van der Waals surface area contributed by atoms with Crippen molar-refractivity contribution in [3.8, 4) is 0 Å². The highest BCUT2D eigenvalue weighted by molar-refractivity contribution is 9.10. The molecule has 2 aromatic rings. The highest BCUT2D eigenvalue weighted by atomic mass is 79.9. The van der Waals surface area contributed by atoms with Crippen LogP contribution in [0.25, 0.3) is 0 Å². The standard InChI is InChI=1S/C16H17BrClN3O3S2/c1-10-14(26(18,23)24)25-15(19-10)21-8-4-7-20(16(21)22)11(2)12-5-3-6-13(17)9-12/h3,5-6,9,11H,4,7-8H2,1-2H3. The molecular weight excluding hydrogens is 462 g/mol. The lowest BCUT2D eigenvalue weighted by Gasteiger charge is -2.38. The van der Waals surface area contributed by atoms with Gasteiger partial charge in [-0.3, -0.25) is 4.90 Å². The molecule has 26 heavy (non-hydrogen) atoms. The van der Waals surface area contributed by atoms with Crippen LogP contribution < -0.4 is 4.90 Å². The van der Waals surface area contributed by atoms with Crippen molar-refractivity contribution >= 4 is 58.2 Å². The first kappa shape index (κ1) is 19.6. The van der Waals surface area contributed by atoms with Crippen LogP contribution in [0.1, 0.15) is 30.6 Å². The van der Waals surface area contributed by atoms with Crippen molar-refractivity contribution in [2.75, 3.05) is 18.0 Å². The minimum Gasteiger partial charge on any atom is -0.317 e. The first-order valence-corrected chi connectivity index (χ1v) is 11.9. The van der Waals surface area contributed by atoms with Crippen molar-refractivity contribution < 1.29 is 13.2 Å². The van der Waals surface area contributed by atoms with Gasteiger partial charge in [0.05, 0.1) is 11.7 Å². The van der Waals surface area contributed by atoms with Crippen LogP contribution in [0.3, 0.4) is 0 Å². The number of urea groups is 1. The smallest absolute Gasteiger partial charge is 0.317 e. The summed E-state index contributed by atoms with van der Waals surface area (Å²) in [6, 6.07) is 7.54. The molecule has 0 spiro atoms. The molecule has 0 aliphatic carbocycles. The average molecular weight is 479 g/mol. The quantitative estimate of drug-likeness (QED) is 0.605. The predicted molar refractivity (Wildman–Crippen MR) is 107 cm³/mol. The van der Waals surface area contributed by atoms with Gasteiger partial charge >= 0.3 is 6.03 Å². The lowest BCUT2D eigenvalue weighted by Crippen LogP contribution is -2.50. The molecule has 1 aromatic carbocycles. The lowest BCUT2D eigenvalue weighted by atomic mass is 10.1. The first-order valence-electron chi connectivity index (χ1n) is 7.94. The largest absolute Gasteiger partial charge is 0.326 e. The maximum Gasteiger partial charge on any atom is 0.326 e. The minimum absolute atomic E-state index is 0.0147. The van der Waals surface area contributed by atoms with Crippen LogP contribution >= 0.6 is 37.9 Å². The molecule has 0 bridgehead atoms. The Labute approximate surface area is 169 Å². The van der Waals surface area contributed by atoms with E-state index in [1.54, 1.807) is 11.8 Å². The molecule has 0 radical (unpaired) electrons. The van der Waals surface area contributed by atoms with Crippen LogP contribution in [0.4, 0.5) is 9.93 Å². The number of carbonyl (C=O) groups excluding carboxylic acids is 1. The molecule has 1 unspecified atom stereocenters. The molecule has 6 nitrogen and oxygen atoms in total. The number of carbonyl (C=O) groups is 1. The highest BCUT2D eigenvalue weighted by Crippen LogP contribution is 2.35. The minimum atomic E-state index is -3.87. The van der Waals surface area contributed by atoms with E-state index in [1.165, 1.54) is 4.90 Å². The van der Waals surface area contributed by atoms with E-state index in [4.69, 9.17) is 10.7 Å². The number of hydrogen-bond donors (Lipinski definition) is 0. The van der Waals surface area contributed by atoms with Gasteiger partial charge in [0.25, 0.3) is 9.05 Å². The number of aromatic nitrogens is 1. The van der Waals surface area contributed by atoms with E-state index in [2.05, 4.69) is 20.9 Å². The summed E-state index contributed by atoms with van der Waals surface area (Å²) >= 11 is 4.38. The number of benzene rings is 1. The van der Waals surface area contributed by atoms with Crippen molar-refractivity contribution in [2.24, 2.45) is 0 Å². The zero-order chi connectivity index (χ0) is 19.1. The molecule has 1 fully saturated rings. The van der Waals surface area contributed by atoms with Crippen LogP contribution in [-0.2, 0) is 9.05 Å². The zero-order valence-electron chi connectivity index (χ0n) is 14.1. The Morgan fingerprint density at radius 3 is 2.69 bits per heavy atom. The molecule has 1 aliphatic heterocycles. The molecular formula is C16H17BrClN3O3S2. The second kappa shape index (κ2) is 7.46. The number of amides is 2. The van der Waals surface area contributed by atoms with Gasteiger partial charge in [0.1, 0.15) is 0 Å². The van der Waals surface area contributed by atoms with E-state index < -0.39 is 9.05 Å². The average Bonchev–Trinajstić information content (AvgIpc) is 2.96. The monoisotopic (exact) mass is 477 g/mol. The fraction of sp³-hybridized carbons (Fsp3) is 0.375. The SMILES string of the molecule is Cc1nc(N2CCCN(C(C)c3cccc(Br)c3)C2=O)sc1S(=O)(=O)Cl. The molecule has 1 aromatic heterocycles. The maximum absolute atomic E-state index is 13.0. The Kier molecular flexibility index (Phi) is 5.62. The predicted octanol–water partition coefficient (Wildman–Crippen LogP) is 4.53. The summed E-state index contributed by atoms with van der Waals surface area (Å²) < 4.78 is 24.2. The van der Waals surface area contributed by atoms with Gasteiger partial charge < -0.3 is 4.90 Å². The van der Waals surface area contributed by atoms with E-state index in [1.807, 2.05) is 31.2 Å². The Bertz CT molecular complexity index is 948. The number of halogens is 2. The molecule has 1 saturated heterocycles. The molecule has 3 rings (SSSR count). The van der Waals surface area contributed by atoms with Crippen molar-refractivity contribution in [3.63, 3.8) is 0 Å². The molecule has 1 atom stereocenters. The number of rotatable bonds is 4. The van der Waals surface area contributed by atoms with Gasteiger partial charge in [-0.15, -0.1) is 0 Å². The molecule has 0 N–H and O–H groups in total. The number of nitrogens with zero attached hydrogens (tertiary/aromatic N) is 3. The van der Waals surface area contributed by atoms with Gasteiger partial charge in [-0.05, 0) is 38.0 Å². The van der Waals surface area contributed by atoms with Crippen molar-refractivity contribution in [1.82, 2.24) is 9.88 Å². The zero-order valence-corrected chi connectivity index (χ0v) is 18.1. The van der Waals surface area contributed by atoms with E-state index in [9.17, 15) is 13.2 Å². The Hall–Kier alpha value is -1.16. The normalized spacial score (nSPS) is 16.8. The number of hydrogen-bond acceptors (Lipinski definition) is 5. The van der Waals surface area contributed by atoms with Gasteiger partial charge in [-0.2, -0.15) is 0 Å². The fourth-order valence-corrected chi connectivity index (χ4v) is 5.82. The van der Waals surface area contributed by atoms with Gasteiger partial charge in [-0.1, -0.05) is 39.4 Å². The summed E-state index contributed by atoms with van der Waals surface area (Å²) in [4.78, 5) is 20.6. The molecule has 140 valence electrons. The number of aryl methyl sites for hydroxylation is 1. The first-order chi connectivity index (χ1) is 12.2. The molecule has 0 saturated carbocycles. The van der Waals surface area contributed by atoms with Gasteiger partial charge in [0, 0.05) is 28.2 Å². The van der Waals surface area contributed by atoms with Gasteiger partial charge in [0.2, 0.25) is 0 Å². The fourth-order valence-electron chi connectivity index (χ4n) is 2.94. The third-order valence-corrected chi connectivity index (χ3v) is 8.10. The Morgan fingerprint density at radius 1 is 1.35 bits per heavy atom. The van der Waals surface area contributed by atoms with Crippen molar-refractivity contribution in [2.45, 2.75) is 30.5 Å². The molecule has 1 aliphatic rings. The maximum atomic E-state index is 13.0. The Balaban J connectivity index is 1.89. The summed E-state index contributed by atoms with van der Waals surface area (Å²) in [6.07, 6.45) is 0.770. The summed E-state index contributed by atoms with van der Waals surface area (Å²) in [7, 11) is 1.58. The van der Waals surface area contributed by atoms with Gasteiger partial charge in [-0.25, -0.2) is 18.2 Å². The highest BCUT2D eigenvalue weighted by Gasteiger charge is 2.33. The summed E-state index contributed by atoms with van der Waals surface area (Å²) in [5, 5.41) is 0.359. The third kappa shape index (κ3) is 3.90. The van der Waals surface area contributed by atoms with E-state index in [-0.39, 0.29) is 16.3 Å².